The van der Waals surface area contributed by atoms with Crippen molar-refractivity contribution in [3.63, 3.8) is 0 Å². The molecule has 0 amide bonds. The molecule has 20 heavy (non-hydrogen) atoms. The molecule has 0 bridgehead atoms. The van der Waals surface area contributed by atoms with Gasteiger partial charge in [-0.05, 0) is 24.6 Å². The predicted octanol–water partition coefficient (Wildman–Crippen LogP) is -0.576. The van der Waals surface area contributed by atoms with Crippen LogP contribution in [-0.2, 0) is 10.0 Å². The van der Waals surface area contributed by atoms with Crippen molar-refractivity contribution in [1.82, 2.24) is 4.83 Å². The van der Waals surface area contributed by atoms with Crippen LogP contribution in [0.5, 0.6) is 0 Å². The van der Waals surface area contributed by atoms with Gasteiger partial charge in [0.15, 0.2) is 0 Å². The Kier molecular flexibility index (Phi) is 6.42. The van der Waals surface area contributed by atoms with Crippen LogP contribution >= 0.6 is 0 Å². The average Bonchev–Trinajstić information content (AvgIpc) is 2.40. The molecule has 6 heteroatoms. The van der Waals surface area contributed by atoms with E-state index < -0.39 is 10.0 Å². The predicted molar refractivity (Wildman–Crippen MR) is 76.6 cm³/mol. The van der Waals surface area contributed by atoms with Gasteiger partial charge in [0.1, 0.15) is 0 Å². The van der Waals surface area contributed by atoms with E-state index in [2.05, 4.69) is 9.93 Å². The number of benzene rings is 2. The molecule has 0 heterocycles. The smallest absolute Gasteiger partial charge is 1.00 e. The maximum atomic E-state index is 11.9. The van der Waals surface area contributed by atoms with Gasteiger partial charge in [-0.2, -0.15) is 13.5 Å². The molecule has 0 fully saturated rings. The Hall–Kier alpha value is -1.14. The monoisotopic (exact) mass is 298 g/mol. The molecule has 0 saturated heterocycles. The van der Waals surface area contributed by atoms with Crippen molar-refractivity contribution in [3.8, 4) is 0 Å². The first kappa shape index (κ1) is 16.9. The van der Waals surface area contributed by atoms with Crippen molar-refractivity contribution >= 4 is 16.2 Å². The van der Waals surface area contributed by atoms with E-state index in [0.29, 0.717) is 0 Å². The van der Waals surface area contributed by atoms with Crippen molar-refractivity contribution in [3.05, 3.63) is 65.7 Å². The zero-order valence-corrected chi connectivity index (χ0v) is 14.3. The van der Waals surface area contributed by atoms with E-state index in [1.54, 1.807) is 24.3 Å². The number of sulfonamides is 1. The van der Waals surface area contributed by atoms with Gasteiger partial charge in [-0.15, -0.1) is 0 Å². The molecule has 0 spiro atoms. The van der Waals surface area contributed by atoms with Crippen LogP contribution in [0.4, 0.5) is 0 Å². The van der Waals surface area contributed by atoms with Crippen LogP contribution in [0.2, 0.25) is 0 Å². The summed E-state index contributed by atoms with van der Waals surface area (Å²) in [6, 6.07) is 15.9. The average molecular weight is 298 g/mol. The van der Waals surface area contributed by atoms with Crippen LogP contribution < -0.4 is 34.4 Å². The molecule has 0 atom stereocenters. The molecule has 100 valence electrons. The van der Waals surface area contributed by atoms with Crippen LogP contribution in [0.25, 0.3) is 0 Å². The van der Waals surface area contributed by atoms with Crippen molar-refractivity contribution in [2.75, 3.05) is 0 Å². The molecule has 0 aromatic heterocycles. The van der Waals surface area contributed by atoms with Gasteiger partial charge in [0.25, 0.3) is 10.0 Å². The molecular formula is C14H15N2NaO2S. The molecule has 4 nitrogen and oxygen atoms in total. The van der Waals surface area contributed by atoms with E-state index in [-0.39, 0.29) is 35.9 Å². The first-order valence-corrected chi connectivity index (χ1v) is 7.23. The van der Waals surface area contributed by atoms with E-state index in [9.17, 15) is 8.42 Å². The van der Waals surface area contributed by atoms with Gasteiger partial charge in [-0.25, -0.2) is 4.83 Å². The number of hydrogen-bond acceptors (Lipinski definition) is 3. The fraction of sp³-hybridized carbons (Fsp3) is 0.0714. The second kappa shape index (κ2) is 7.59. The van der Waals surface area contributed by atoms with Gasteiger partial charge in [-0.1, -0.05) is 48.0 Å². The Morgan fingerprint density at radius 3 is 2.25 bits per heavy atom. The van der Waals surface area contributed by atoms with E-state index in [1.165, 1.54) is 6.21 Å². The molecule has 0 aliphatic rings. The second-order valence-electron chi connectivity index (χ2n) is 4.08. The number of hydrogen-bond donors (Lipinski definition) is 1. The third kappa shape index (κ3) is 4.76. The zero-order valence-electron chi connectivity index (χ0n) is 12.4. The molecular weight excluding hydrogens is 283 g/mol. The van der Waals surface area contributed by atoms with E-state index in [4.69, 9.17) is 0 Å². The maximum absolute atomic E-state index is 11.9. The summed E-state index contributed by atoms with van der Waals surface area (Å²) in [5, 5.41) is 3.75. The first-order valence-electron chi connectivity index (χ1n) is 5.74. The standard InChI is InChI=1S/C14H14N2O2S.Na.H/c1-12-7-9-14(10-8-12)19(17,18)16-15-11-13-5-3-2-4-6-13;;/h2-11,16H,1H3;;/q;+1;-1/b15-11+;;. The molecule has 0 saturated carbocycles. The topological polar surface area (TPSA) is 58.5 Å². The van der Waals surface area contributed by atoms with E-state index >= 15 is 0 Å². The second-order valence-corrected chi connectivity index (χ2v) is 5.74. The van der Waals surface area contributed by atoms with Crippen LogP contribution in [0.1, 0.15) is 12.6 Å². The Morgan fingerprint density at radius 2 is 1.65 bits per heavy atom. The number of aryl methyl sites for hydroxylation is 1. The normalized spacial score (nSPS) is 11.1. The molecule has 2 aromatic rings. The Morgan fingerprint density at radius 1 is 1.05 bits per heavy atom. The summed E-state index contributed by atoms with van der Waals surface area (Å²) in [6.45, 7) is 1.90. The van der Waals surface area contributed by atoms with Crippen LogP contribution in [0, 0.1) is 6.92 Å². The van der Waals surface area contributed by atoms with Crippen LogP contribution in [-0.4, -0.2) is 14.6 Å². The van der Waals surface area contributed by atoms with E-state index in [1.807, 2.05) is 37.3 Å². The molecule has 0 unspecified atom stereocenters. The number of hydrazone groups is 1. The van der Waals surface area contributed by atoms with Gasteiger partial charge in [-0.3, -0.25) is 0 Å². The third-order valence-corrected chi connectivity index (χ3v) is 3.76. The van der Waals surface area contributed by atoms with Gasteiger partial charge >= 0.3 is 29.6 Å². The summed E-state index contributed by atoms with van der Waals surface area (Å²) >= 11 is 0. The van der Waals surface area contributed by atoms with Crippen molar-refractivity contribution in [2.45, 2.75) is 11.8 Å². The summed E-state index contributed by atoms with van der Waals surface area (Å²) in [4.78, 5) is 2.38. The Balaban J connectivity index is 0.00000200. The van der Waals surface area contributed by atoms with E-state index in [0.717, 1.165) is 11.1 Å². The summed E-state index contributed by atoms with van der Waals surface area (Å²) < 4.78 is 23.8. The molecule has 2 rings (SSSR count). The summed E-state index contributed by atoms with van der Waals surface area (Å²) in [5.74, 6) is 0. The van der Waals surface area contributed by atoms with Crippen LogP contribution in [0.15, 0.2) is 64.6 Å². The molecule has 2 aromatic carbocycles. The van der Waals surface area contributed by atoms with Gasteiger partial charge in [0.2, 0.25) is 0 Å². The Bertz CT molecular complexity index is 674. The molecule has 0 radical (unpaired) electrons. The van der Waals surface area contributed by atoms with Gasteiger partial charge < -0.3 is 1.43 Å². The van der Waals surface area contributed by atoms with Gasteiger partial charge in [0, 0.05) is 0 Å². The minimum absolute atomic E-state index is 0. The summed E-state index contributed by atoms with van der Waals surface area (Å²) in [7, 11) is -3.60. The zero-order chi connectivity index (χ0) is 13.7. The minimum atomic E-state index is -3.60. The maximum Gasteiger partial charge on any atom is 1.00 e. The molecule has 0 aliphatic carbocycles. The molecule has 1 N–H and O–H groups in total. The fourth-order valence-electron chi connectivity index (χ4n) is 1.48. The Labute approximate surface area is 142 Å². The quantitative estimate of drug-likeness (QED) is 0.467. The summed E-state index contributed by atoms with van der Waals surface area (Å²) in [5.41, 5.74) is 1.83. The van der Waals surface area contributed by atoms with Crippen LogP contribution in [0.3, 0.4) is 0 Å². The fourth-order valence-corrected chi connectivity index (χ4v) is 2.27. The molecule has 0 aliphatic heterocycles. The number of rotatable bonds is 4. The number of nitrogens with zero attached hydrogens (tertiary/aromatic N) is 1. The SMILES string of the molecule is Cc1ccc(S(=O)(=O)N/N=C/c2ccccc2)cc1.[H-].[Na+]. The van der Waals surface area contributed by atoms with Crippen molar-refractivity contribution in [1.29, 1.82) is 0 Å². The minimum Gasteiger partial charge on any atom is -1.00 e. The van der Waals surface area contributed by atoms with Crippen molar-refractivity contribution < 1.29 is 39.4 Å². The first-order chi connectivity index (χ1) is 9.08. The summed E-state index contributed by atoms with van der Waals surface area (Å²) in [6.07, 6.45) is 1.46. The third-order valence-electron chi connectivity index (χ3n) is 2.52. The number of nitrogens with one attached hydrogen (secondary N) is 1. The largest absolute Gasteiger partial charge is 1.00 e. The van der Waals surface area contributed by atoms with Crippen molar-refractivity contribution in [2.24, 2.45) is 5.10 Å². The van der Waals surface area contributed by atoms with Gasteiger partial charge in [0.05, 0.1) is 11.1 Å².